The molecule has 1 aliphatic rings. The van der Waals surface area contributed by atoms with Crippen LogP contribution in [0, 0.1) is 13.0 Å². The summed E-state index contributed by atoms with van der Waals surface area (Å²) in [6.07, 6.45) is 1.82. The Labute approximate surface area is 150 Å². The molecule has 0 spiro atoms. The molecule has 0 saturated carbocycles. The van der Waals surface area contributed by atoms with Crippen molar-refractivity contribution < 1.29 is 20.1 Å². The summed E-state index contributed by atoms with van der Waals surface area (Å²) < 4.78 is 0. The molecule has 1 aliphatic carbocycles. The summed E-state index contributed by atoms with van der Waals surface area (Å²) in [5, 5.41) is 0. The van der Waals surface area contributed by atoms with Crippen LogP contribution in [0.15, 0.2) is 48.7 Å². The first kappa shape index (κ1) is 16.0. The minimum atomic E-state index is -0.0736. The van der Waals surface area contributed by atoms with Crippen molar-refractivity contribution in [1.82, 2.24) is 9.97 Å². The van der Waals surface area contributed by atoms with E-state index in [0.717, 1.165) is 22.6 Å². The summed E-state index contributed by atoms with van der Waals surface area (Å²) in [5.74, 6) is 0. The van der Waals surface area contributed by atoms with Crippen LogP contribution in [0.4, 0.5) is 0 Å². The second kappa shape index (κ2) is 5.67. The van der Waals surface area contributed by atoms with Gasteiger partial charge in [0.05, 0.1) is 0 Å². The van der Waals surface area contributed by atoms with Crippen molar-refractivity contribution in [3.8, 4) is 22.4 Å². The van der Waals surface area contributed by atoms with E-state index in [1.807, 2.05) is 31.3 Å². The van der Waals surface area contributed by atoms with E-state index in [1.54, 1.807) is 0 Å². The number of nitrogens with zero attached hydrogens (tertiary/aromatic N) is 2. The molecule has 2 heterocycles. The molecular formula is C20H17IrN2-. The van der Waals surface area contributed by atoms with Crippen molar-refractivity contribution in [2.75, 3.05) is 0 Å². The molecule has 0 atom stereocenters. The van der Waals surface area contributed by atoms with Gasteiger partial charge in [0.1, 0.15) is 0 Å². The Morgan fingerprint density at radius 3 is 2.61 bits per heavy atom. The van der Waals surface area contributed by atoms with Crippen molar-refractivity contribution >= 4 is 0 Å². The minimum Gasteiger partial charge on any atom is -0.305 e. The van der Waals surface area contributed by atoms with Gasteiger partial charge >= 0.3 is 0 Å². The molecule has 0 unspecified atom stereocenters. The molecule has 2 nitrogen and oxygen atoms in total. The Morgan fingerprint density at radius 1 is 1.04 bits per heavy atom. The van der Waals surface area contributed by atoms with Gasteiger partial charge in [0.25, 0.3) is 0 Å². The maximum absolute atomic E-state index is 4.79. The van der Waals surface area contributed by atoms with E-state index in [4.69, 9.17) is 4.98 Å². The van der Waals surface area contributed by atoms with Crippen molar-refractivity contribution in [2.24, 2.45) is 0 Å². The van der Waals surface area contributed by atoms with E-state index < -0.39 is 0 Å². The first-order valence-corrected chi connectivity index (χ1v) is 7.53. The summed E-state index contributed by atoms with van der Waals surface area (Å²) >= 11 is 0. The van der Waals surface area contributed by atoms with Crippen LogP contribution in [0.25, 0.3) is 22.4 Å². The molecule has 0 bridgehead atoms. The number of hydrogen-bond donors (Lipinski definition) is 0. The average Bonchev–Trinajstić information content (AvgIpc) is 2.76. The van der Waals surface area contributed by atoms with Gasteiger partial charge in [-0.25, -0.2) is 0 Å². The summed E-state index contributed by atoms with van der Waals surface area (Å²) in [6, 6.07) is 17.9. The van der Waals surface area contributed by atoms with Gasteiger partial charge in [-0.15, -0.1) is 29.3 Å². The average molecular weight is 478 g/mol. The predicted molar refractivity (Wildman–Crippen MR) is 88.6 cm³/mol. The molecule has 4 rings (SSSR count). The van der Waals surface area contributed by atoms with Crippen LogP contribution in [-0.2, 0) is 25.5 Å². The molecule has 0 amide bonds. The van der Waals surface area contributed by atoms with Gasteiger partial charge in [-0.3, -0.25) is 4.98 Å². The number of rotatable bonds is 1. The Morgan fingerprint density at radius 2 is 1.87 bits per heavy atom. The third kappa shape index (κ3) is 2.45. The van der Waals surface area contributed by atoms with Crippen LogP contribution in [0.3, 0.4) is 0 Å². The zero-order chi connectivity index (χ0) is 15.3. The predicted octanol–water partition coefficient (Wildman–Crippen LogP) is 4.56. The second-order valence-corrected chi connectivity index (χ2v) is 6.36. The molecule has 2 aromatic heterocycles. The van der Waals surface area contributed by atoms with Crippen molar-refractivity contribution in [3.05, 3.63) is 71.7 Å². The van der Waals surface area contributed by atoms with E-state index in [0.29, 0.717) is 0 Å². The summed E-state index contributed by atoms with van der Waals surface area (Å²) in [4.78, 5) is 9.23. The molecule has 1 radical (unpaired) electrons. The maximum atomic E-state index is 4.79. The van der Waals surface area contributed by atoms with Gasteiger partial charge in [-0.1, -0.05) is 37.6 Å². The number of hydrogen-bond acceptors (Lipinski definition) is 2. The quantitative estimate of drug-likeness (QED) is 0.481. The molecule has 0 aliphatic heterocycles. The number of fused-ring (bicyclic) bond motifs is 3. The molecular weight excluding hydrogens is 460 g/mol. The molecule has 3 heteroatoms. The monoisotopic (exact) mass is 478 g/mol. The fourth-order valence-corrected chi connectivity index (χ4v) is 3.28. The Balaban J connectivity index is 0.00000156. The standard InChI is InChI=1S/C20H17N2.Ir/c1-13-7-9-15-16-12-14(18-6-4-5-11-21-18)8-10-17(16)20(2,3)19(15)22-13;/h4-7,9-12H,1-3H3;/q-1;. The molecule has 23 heavy (non-hydrogen) atoms. The number of aryl methyl sites for hydroxylation is 1. The fraction of sp³-hybridized carbons (Fsp3) is 0.200. The van der Waals surface area contributed by atoms with Crippen LogP contribution in [0.2, 0.25) is 0 Å². The molecule has 0 saturated heterocycles. The zero-order valence-electron chi connectivity index (χ0n) is 13.3. The maximum Gasteiger partial charge on any atom is 0.0481 e. The smallest absolute Gasteiger partial charge is 0.0481 e. The van der Waals surface area contributed by atoms with Gasteiger partial charge in [0, 0.05) is 37.7 Å². The van der Waals surface area contributed by atoms with Gasteiger partial charge in [0.2, 0.25) is 0 Å². The first-order valence-electron chi connectivity index (χ1n) is 7.53. The first-order chi connectivity index (χ1) is 10.6. The van der Waals surface area contributed by atoms with Crippen LogP contribution in [-0.4, -0.2) is 9.97 Å². The summed E-state index contributed by atoms with van der Waals surface area (Å²) in [5.41, 5.74) is 7.92. The summed E-state index contributed by atoms with van der Waals surface area (Å²) in [6.45, 7) is 6.52. The van der Waals surface area contributed by atoms with E-state index >= 15 is 0 Å². The van der Waals surface area contributed by atoms with E-state index in [1.165, 1.54) is 16.7 Å². The Kier molecular flexibility index (Phi) is 3.95. The number of benzene rings is 1. The zero-order valence-corrected chi connectivity index (χ0v) is 15.7. The number of pyridine rings is 2. The van der Waals surface area contributed by atoms with Gasteiger partial charge < -0.3 is 4.98 Å². The van der Waals surface area contributed by atoms with Crippen molar-refractivity contribution in [2.45, 2.75) is 26.2 Å². The van der Waals surface area contributed by atoms with Gasteiger partial charge in [-0.2, -0.15) is 0 Å². The van der Waals surface area contributed by atoms with Gasteiger partial charge in [-0.05, 0) is 35.7 Å². The number of aromatic nitrogens is 2. The second-order valence-electron chi connectivity index (χ2n) is 6.36. The minimum absolute atomic E-state index is 0. The van der Waals surface area contributed by atoms with Crippen molar-refractivity contribution in [3.63, 3.8) is 0 Å². The van der Waals surface area contributed by atoms with Gasteiger partial charge in [0.15, 0.2) is 0 Å². The molecule has 0 fully saturated rings. The SMILES string of the molecule is Cc1ccc2c(n1)C(C)(C)c1c[c-]c(-c3ccccn3)cc1-2.[Ir]. The summed E-state index contributed by atoms with van der Waals surface area (Å²) in [7, 11) is 0. The molecule has 3 aromatic rings. The van der Waals surface area contributed by atoms with Crippen molar-refractivity contribution in [1.29, 1.82) is 0 Å². The van der Waals surface area contributed by atoms with Crippen LogP contribution in [0.5, 0.6) is 0 Å². The fourth-order valence-electron chi connectivity index (χ4n) is 3.28. The Bertz CT molecular complexity index is 870. The normalized spacial score (nSPS) is 13.9. The molecule has 1 aromatic carbocycles. The third-order valence-electron chi connectivity index (χ3n) is 4.48. The van der Waals surface area contributed by atoms with Crippen LogP contribution >= 0.6 is 0 Å². The third-order valence-corrected chi connectivity index (χ3v) is 4.48. The molecule has 117 valence electrons. The van der Waals surface area contributed by atoms with Crippen LogP contribution < -0.4 is 0 Å². The van der Waals surface area contributed by atoms with E-state index in [-0.39, 0.29) is 25.5 Å². The Hall–Kier alpha value is -1.83. The van der Waals surface area contributed by atoms with E-state index in [2.05, 4.69) is 49.2 Å². The largest absolute Gasteiger partial charge is 0.305 e. The topological polar surface area (TPSA) is 25.8 Å². The van der Waals surface area contributed by atoms with E-state index in [9.17, 15) is 0 Å². The van der Waals surface area contributed by atoms with Crippen LogP contribution in [0.1, 0.15) is 30.8 Å². The molecule has 0 N–H and O–H groups in total.